The molecule has 0 radical (unpaired) electrons. The SMILES string of the molecule is COc1cc(C)c([Si](c2cc(C)c(OC)cc2C)(c2cc(C)c(OC)cc2C)C2C(C)=C(C)C(C)=C2C)cc1C. The lowest BCUT2D eigenvalue weighted by atomic mass is 10.1. The van der Waals surface area contributed by atoms with Crippen LogP contribution in [0.1, 0.15) is 61.1 Å². The molecule has 0 saturated carbocycles. The average Bonchev–Trinajstić information content (AvgIpc) is 3.11. The van der Waals surface area contributed by atoms with Gasteiger partial charge in [-0.15, -0.1) is 0 Å². The number of hydrogen-bond acceptors (Lipinski definition) is 3. The van der Waals surface area contributed by atoms with Crippen molar-refractivity contribution >= 4 is 23.6 Å². The van der Waals surface area contributed by atoms with Crippen LogP contribution in [0.15, 0.2) is 58.7 Å². The number of methoxy groups -OCH3 is 3. The third-order valence-corrected chi connectivity index (χ3v) is 15.4. The summed E-state index contributed by atoms with van der Waals surface area (Å²) in [7, 11) is 2.48. The van der Waals surface area contributed by atoms with Crippen molar-refractivity contribution in [2.75, 3.05) is 21.3 Å². The molecule has 0 unspecified atom stereocenters. The molecule has 0 bridgehead atoms. The van der Waals surface area contributed by atoms with Gasteiger partial charge in [0.05, 0.1) is 21.3 Å². The molecule has 0 aliphatic heterocycles. The van der Waals surface area contributed by atoms with Crippen LogP contribution in [0.5, 0.6) is 17.2 Å². The van der Waals surface area contributed by atoms with Crippen molar-refractivity contribution in [2.24, 2.45) is 0 Å². The molecule has 0 atom stereocenters. The van der Waals surface area contributed by atoms with E-state index in [2.05, 4.69) is 106 Å². The Kier molecular flexibility index (Phi) is 8.15. The van der Waals surface area contributed by atoms with E-state index in [0.29, 0.717) is 0 Å². The molecule has 1 aliphatic rings. The van der Waals surface area contributed by atoms with Crippen LogP contribution in [0.3, 0.4) is 0 Å². The van der Waals surface area contributed by atoms with E-state index in [1.54, 1.807) is 21.3 Å². The van der Waals surface area contributed by atoms with E-state index in [1.807, 2.05) is 0 Å². The second-order valence-corrected chi connectivity index (χ2v) is 15.6. The van der Waals surface area contributed by atoms with E-state index in [9.17, 15) is 0 Å². The molecule has 3 aromatic rings. The molecule has 0 fully saturated rings. The summed E-state index contributed by atoms with van der Waals surface area (Å²) in [5.74, 6) is 2.81. The van der Waals surface area contributed by atoms with Gasteiger partial charge in [0.25, 0.3) is 0 Å². The van der Waals surface area contributed by atoms with E-state index >= 15 is 0 Å². The molecule has 212 valence electrons. The summed E-state index contributed by atoms with van der Waals surface area (Å²) < 4.78 is 17.5. The van der Waals surface area contributed by atoms with Crippen molar-refractivity contribution < 1.29 is 14.2 Å². The maximum absolute atomic E-state index is 5.82. The highest BCUT2D eigenvalue weighted by atomic mass is 28.3. The number of rotatable bonds is 7. The van der Waals surface area contributed by atoms with E-state index in [0.717, 1.165) is 17.2 Å². The topological polar surface area (TPSA) is 27.7 Å². The Hall–Kier alpha value is -3.24. The van der Waals surface area contributed by atoms with Gasteiger partial charge in [-0.3, -0.25) is 0 Å². The summed E-state index contributed by atoms with van der Waals surface area (Å²) in [4.78, 5) is 0. The summed E-state index contributed by atoms with van der Waals surface area (Å²) >= 11 is 0. The van der Waals surface area contributed by atoms with Crippen molar-refractivity contribution in [1.82, 2.24) is 0 Å². The summed E-state index contributed by atoms with van der Waals surface area (Å²) in [5.41, 5.74) is 13.4. The van der Waals surface area contributed by atoms with Gasteiger partial charge in [0.2, 0.25) is 0 Å². The van der Waals surface area contributed by atoms with Gasteiger partial charge in [0, 0.05) is 5.54 Å². The number of benzene rings is 3. The Morgan fingerprint density at radius 1 is 0.425 bits per heavy atom. The van der Waals surface area contributed by atoms with Crippen LogP contribution in [-0.2, 0) is 0 Å². The Labute approximate surface area is 242 Å². The first-order valence-corrected chi connectivity index (χ1v) is 16.2. The summed E-state index contributed by atoms with van der Waals surface area (Å²) in [5, 5.41) is 4.33. The maximum atomic E-state index is 5.82. The Morgan fingerprint density at radius 3 is 0.950 bits per heavy atom. The molecule has 0 aromatic heterocycles. The summed E-state index contributed by atoms with van der Waals surface area (Å²) in [6, 6.07) is 14.0. The fourth-order valence-electron chi connectivity index (χ4n) is 7.20. The standard InChI is InChI=1S/C36H46O3Si/c1-20-17-33(23(4)14-30(20)37-11)40(36-28(9)26(7)27(8)29(36)10,34-18-21(2)31(38-12)15-24(34)5)35-19-22(3)32(39-13)16-25(35)6/h14-19,36H,1-13H3. The highest BCUT2D eigenvalue weighted by Gasteiger charge is 2.52. The fraction of sp³-hybridized carbons (Fsp3) is 0.389. The first kappa shape index (κ1) is 29.7. The molecule has 4 heteroatoms. The van der Waals surface area contributed by atoms with Gasteiger partial charge in [-0.2, -0.15) is 0 Å². The molecule has 3 nitrogen and oxygen atoms in total. The summed E-state index contributed by atoms with van der Waals surface area (Å²) in [6.45, 7) is 22.7. The largest absolute Gasteiger partial charge is 0.496 e. The Bertz CT molecular complexity index is 1390. The van der Waals surface area contributed by atoms with Crippen molar-refractivity contribution in [1.29, 1.82) is 0 Å². The average molecular weight is 555 g/mol. The zero-order valence-electron chi connectivity index (χ0n) is 26.8. The lowest BCUT2D eigenvalue weighted by Crippen LogP contribution is -2.72. The predicted molar refractivity (Wildman–Crippen MR) is 173 cm³/mol. The molecule has 0 amide bonds. The van der Waals surface area contributed by atoms with E-state index in [1.165, 1.54) is 71.2 Å². The second kappa shape index (κ2) is 11.0. The second-order valence-electron chi connectivity index (χ2n) is 11.8. The lowest BCUT2D eigenvalue weighted by Gasteiger charge is -2.44. The van der Waals surface area contributed by atoms with Gasteiger partial charge < -0.3 is 14.2 Å². The molecule has 3 aromatic carbocycles. The monoisotopic (exact) mass is 554 g/mol. The smallest absolute Gasteiger partial charge is 0.160 e. The first-order chi connectivity index (χ1) is 18.8. The highest BCUT2D eigenvalue weighted by Crippen LogP contribution is 2.47. The minimum absolute atomic E-state index is 0.275. The van der Waals surface area contributed by atoms with E-state index in [4.69, 9.17) is 14.2 Å². The van der Waals surface area contributed by atoms with Gasteiger partial charge in [0.1, 0.15) is 17.2 Å². The molecule has 0 saturated heterocycles. The molecule has 40 heavy (non-hydrogen) atoms. The molecular weight excluding hydrogens is 508 g/mol. The van der Waals surface area contributed by atoms with Crippen LogP contribution in [0.2, 0.25) is 5.54 Å². The molecule has 1 aliphatic carbocycles. The number of hydrogen-bond donors (Lipinski definition) is 0. The molecule has 0 spiro atoms. The van der Waals surface area contributed by atoms with E-state index in [-0.39, 0.29) is 5.54 Å². The van der Waals surface area contributed by atoms with Crippen LogP contribution in [0.25, 0.3) is 0 Å². The van der Waals surface area contributed by atoms with Gasteiger partial charge in [0.15, 0.2) is 8.07 Å². The summed E-state index contributed by atoms with van der Waals surface area (Å²) in [6.07, 6.45) is 0. The van der Waals surface area contributed by atoms with Crippen LogP contribution < -0.4 is 29.8 Å². The van der Waals surface area contributed by atoms with Crippen LogP contribution in [0.4, 0.5) is 0 Å². The quantitative estimate of drug-likeness (QED) is 0.231. The minimum Gasteiger partial charge on any atom is -0.496 e. The van der Waals surface area contributed by atoms with Gasteiger partial charge in [-0.05, 0) is 148 Å². The number of allylic oxidation sites excluding steroid dienone is 4. The highest BCUT2D eigenvalue weighted by molar-refractivity contribution is 7.13. The van der Waals surface area contributed by atoms with Crippen molar-refractivity contribution in [3.63, 3.8) is 0 Å². The third-order valence-electron chi connectivity index (χ3n) is 9.54. The molecular formula is C36H46O3Si. The molecule has 0 N–H and O–H groups in total. The van der Waals surface area contributed by atoms with Gasteiger partial charge >= 0.3 is 0 Å². The fourth-order valence-corrected chi connectivity index (χ4v) is 14.2. The van der Waals surface area contributed by atoms with E-state index < -0.39 is 8.07 Å². The zero-order chi connectivity index (χ0) is 29.7. The van der Waals surface area contributed by atoms with Crippen LogP contribution >= 0.6 is 0 Å². The van der Waals surface area contributed by atoms with Gasteiger partial charge in [-0.25, -0.2) is 0 Å². The Morgan fingerprint density at radius 2 is 0.700 bits per heavy atom. The zero-order valence-corrected chi connectivity index (χ0v) is 27.8. The maximum Gasteiger partial charge on any atom is 0.160 e. The van der Waals surface area contributed by atoms with Gasteiger partial charge in [-0.1, -0.05) is 29.3 Å². The minimum atomic E-state index is -2.82. The van der Waals surface area contributed by atoms with Crippen molar-refractivity contribution in [3.8, 4) is 17.2 Å². The normalized spacial score (nSPS) is 14.3. The first-order valence-electron chi connectivity index (χ1n) is 14.2. The van der Waals surface area contributed by atoms with Crippen LogP contribution in [0, 0.1) is 41.5 Å². The van der Waals surface area contributed by atoms with Crippen molar-refractivity contribution in [3.05, 3.63) is 92.1 Å². The Balaban J connectivity index is 2.35. The number of aryl methyl sites for hydroxylation is 6. The predicted octanol–water partition coefficient (Wildman–Crippen LogP) is 7.09. The third kappa shape index (κ3) is 4.41. The molecule has 0 heterocycles. The lowest BCUT2D eigenvalue weighted by molar-refractivity contribution is 0.411. The number of ether oxygens (including phenoxy) is 3. The van der Waals surface area contributed by atoms with Crippen LogP contribution in [-0.4, -0.2) is 29.4 Å². The molecule has 4 rings (SSSR count). The van der Waals surface area contributed by atoms with Crippen molar-refractivity contribution in [2.45, 2.75) is 74.8 Å².